The van der Waals surface area contributed by atoms with E-state index in [1.54, 1.807) is 6.08 Å². The average Bonchev–Trinajstić information content (AvgIpc) is 3.37. The summed E-state index contributed by atoms with van der Waals surface area (Å²) in [4.78, 5) is 23.3. The first kappa shape index (κ1) is 71.9. The zero-order valence-corrected chi connectivity index (χ0v) is 49.9. The molecule has 9 heteroatoms. The molecule has 0 saturated heterocycles. The van der Waals surface area contributed by atoms with Gasteiger partial charge in [0.1, 0.15) is 13.2 Å². The predicted octanol–water partition coefficient (Wildman–Crippen LogP) is 18.9. The Morgan fingerprint density at radius 2 is 0.813 bits per heavy atom. The second-order valence-electron chi connectivity index (χ2n) is 21.3. The van der Waals surface area contributed by atoms with E-state index in [0.29, 0.717) is 17.4 Å². The van der Waals surface area contributed by atoms with Gasteiger partial charge in [-0.3, -0.25) is 13.8 Å². The minimum atomic E-state index is -4.38. The fourth-order valence-corrected chi connectivity index (χ4v) is 8.91. The minimum absolute atomic E-state index is 0.0424. The summed E-state index contributed by atoms with van der Waals surface area (Å²) in [6.45, 7) is 4.66. The van der Waals surface area contributed by atoms with Crippen molar-refractivity contribution in [3.05, 3.63) is 122 Å². The summed E-state index contributed by atoms with van der Waals surface area (Å²) in [6.07, 6.45) is 83.1. The van der Waals surface area contributed by atoms with Crippen LogP contribution in [-0.4, -0.2) is 73.4 Å². The van der Waals surface area contributed by atoms with E-state index in [9.17, 15) is 19.4 Å². The first-order valence-electron chi connectivity index (χ1n) is 30.4. The molecule has 0 rings (SSSR count). The van der Waals surface area contributed by atoms with Gasteiger partial charge in [-0.15, -0.1) is 0 Å². The van der Waals surface area contributed by atoms with Crippen molar-refractivity contribution in [2.24, 2.45) is 0 Å². The van der Waals surface area contributed by atoms with Crippen LogP contribution in [0.4, 0.5) is 0 Å². The Bertz CT molecular complexity index is 1630. The molecule has 0 aromatic carbocycles. The van der Waals surface area contributed by atoms with Crippen LogP contribution in [0.1, 0.15) is 239 Å². The number of quaternary nitrogens is 1. The monoisotopic (exact) mass is 1060 g/mol. The highest BCUT2D eigenvalue weighted by Crippen LogP contribution is 2.43. The second kappa shape index (κ2) is 55.6. The highest BCUT2D eigenvalue weighted by atomic mass is 31.2. The number of unbranched alkanes of at least 4 members (excludes halogenated alkanes) is 23. The van der Waals surface area contributed by atoms with Crippen molar-refractivity contribution in [3.8, 4) is 0 Å². The first-order valence-corrected chi connectivity index (χ1v) is 31.9. The third-order valence-corrected chi connectivity index (χ3v) is 13.9. The summed E-state index contributed by atoms with van der Waals surface area (Å²) >= 11 is 0. The Morgan fingerprint density at radius 1 is 0.467 bits per heavy atom. The van der Waals surface area contributed by atoms with Crippen molar-refractivity contribution in [1.29, 1.82) is 0 Å². The summed E-state index contributed by atoms with van der Waals surface area (Å²) < 4.78 is 23.7. The van der Waals surface area contributed by atoms with Gasteiger partial charge in [0, 0.05) is 6.42 Å². The Labute approximate surface area is 463 Å². The number of carbonyl (C=O) groups is 1. The number of rotatable bonds is 54. The quantitative estimate of drug-likeness (QED) is 0.0243. The van der Waals surface area contributed by atoms with Crippen LogP contribution in [0.2, 0.25) is 0 Å². The molecule has 430 valence electrons. The molecule has 0 radical (unpaired) electrons. The number of aliphatic hydroxyl groups excluding tert-OH is 1. The van der Waals surface area contributed by atoms with E-state index in [0.717, 1.165) is 109 Å². The largest absolute Gasteiger partial charge is 0.472 e. The predicted molar refractivity (Wildman–Crippen MR) is 327 cm³/mol. The van der Waals surface area contributed by atoms with Gasteiger partial charge in [0.2, 0.25) is 5.91 Å². The lowest BCUT2D eigenvalue weighted by Crippen LogP contribution is -2.45. The molecule has 1 amide bonds. The molecule has 75 heavy (non-hydrogen) atoms. The van der Waals surface area contributed by atoms with E-state index in [1.165, 1.54) is 109 Å². The topological polar surface area (TPSA) is 105 Å². The van der Waals surface area contributed by atoms with Crippen LogP contribution in [0.15, 0.2) is 122 Å². The maximum atomic E-state index is 13.0. The van der Waals surface area contributed by atoms with Crippen molar-refractivity contribution in [2.75, 3.05) is 40.9 Å². The molecule has 0 fully saturated rings. The summed E-state index contributed by atoms with van der Waals surface area (Å²) in [5, 5.41) is 13.9. The maximum absolute atomic E-state index is 13.0. The van der Waals surface area contributed by atoms with Gasteiger partial charge in [0.05, 0.1) is 39.9 Å². The van der Waals surface area contributed by atoms with Gasteiger partial charge >= 0.3 is 7.82 Å². The number of phosphoric ester groups is 1. The molecule has 0 heterocycles. The molecule has 3 N–H and O–H groups in total. The van der Waals surface area contributed by atoms with E-state index < -0.39 is 20.0 Å². The van der Waals surface area contributed by atoms with E-state index in [1.807, 2.05) is 27.2 Å². The van der Waals surface area contributed by atoms with E-state index >= 15 is 0 Å². The van der Waals surface area contributed by atoms with Crippen molar-refractivity contribution < 1.29 is 32.9 Å². The van der Waals surface area contributed by atoms with Crippen LogP contribution in [0.25, 0.3) is 0 Å². The highest BCUT2D eigenvalue weighted by molar-refractivity contribution is 7.47. The van der Waals surface area contributed by atoms with Gasteiger partial charge < -0.3 is 19.8 Å². The Balaban J connectivity index is 4.35. The summed E-state index contributed by atoms with van der Waals surface area (Å²) in [6, 6.07) is -0.891. The molecule has 3 unspecified atom stereocenters. The first-order chi connectivity index (χ1) is 36.5. The molecular formula is C66H116N2O6P+. The number of amides is 1. The maximum Gasteiger partial charge on any atom is 0.472 e. The van der Waals surface area contributed by atoms with Crippen molar-refractivity contribution in [1.82, 2.24) is 5.32 Å². The van der Waals surface area contributed by atoms with Crippen LogP contribution in [0.3, 0.4) is 0 Å². The molecule has 3 atom stereocenters. The van der Waals surface area contributed by atoms with Crippen LogP contribution in [-0.2, 0) is 18.4 Å². The van der Waals surface area contributed by atoms with Crippen LogP contribution < -0.4 is 5.32 Å². The molecule has 0 bridgehead atoms. The molecule has 0 saturated carbocycles. The lowest BCUT2D eigenvalue weighted by Gasteiger charge is -2.25. The zero-order chi connectivity index (χ0) is 54.9. The molecular weight excluding hydrogens is 948 g/mol. The summed E-state index contributed by atoms with van der Waals surface area (Å²) in [5.74, 6) is -0.214. The summed E-state index contributed by atoms with van der Waals surface area (Å²) in [7, 11) is 1.51. The fraction of sp³-hybridized carbons (Fsp3) is 0.682. The fourth-order valence-electron chi connectivity index (χ4n) is 8.17. The van der Waals surface area contributed by atoms with Gasteiger partial charge in [0.25, 0.3) is 0 Å². The number of nitrogens with zero attached hydrogens (tertiary/aromatic N) is 1. The van der Waals surface area contributed by atoms with Crippen LogP contribution in [0.5, 0.6) is 0 Å². The molecule has 0 aromatic heterocycles. The van der Waals surface area contributed by atoms with Gasteiger partial charge in [-0.2, -0.15) is 0 Å². The Hall–Kier alpha value is -3.10. The smallest absolute Gasteiger partial charge is 0.387 e. The molecule has 0 aliphatic carbocycles. The van der Waals surface area contributed by atoms with Crippen LogP contribution in [0, 0.1) is 0 Å². The molecule has 8 nitrogen and oxygen atoms in total. The number of likely N-dealkylation sites (N-methyl/N-ethyl adjacent to an activating group) is 1. The third kappa shape index (κ3) is 58.4. The second-order valence-corrected chi connectivity index (χ2v) is 22.8. The minimum Gasteiger partial charge on any atom is -0.387 e. The number of allylic oxidation sites excluding steroid dienone is 19. The lowest BCUT2D eigenvalue weighted by atomic mass is 10.0. The zero-order valence-electron chi connectivity index (χ0n) is 49.0. The lowest BCUT2D eigenvalue weighted by molar-refractivity contribution is -0.870. The van der Waals surface area contributed by atoms with Crippen LogP contribution >= 0.6 is 7.82 Å². The average molecular weight is 1060 g/mol. The standard InChI is InChI=1S/C66H115N2O6P/c1-6-8-10-12-14-16-18-20-22-24-26-28-30-32-34-36-38-40-42-44-46-48-50-52-54-56-58-60-66(70)67-64(63-74-75(71,72)73-62-61-68(3,4)5)65(69)59-57-55-53-51-49-47-45-43-41-39-37-35-33-31-29-27-25-23-21-19-17-15-13-11-9-7-2/h8,10,14,16,20,22,26,28,32,34,38,40-41,43-44,46,49,51,57,59,64-65,69H,6-7,9,11-13,15,17-19,21,23-25,27,29-31,33,35-37,39,42,45,47-48,50,52-56,58,60-63H2,1-5H3,(H-,67,70,71,72)/p+1/b10-8-,16-14-,22-20-,28-26-,34-32-,40-38-,43-41+,46-44-,51-49+,59-57+. The Kier molecular flexibility index (Phi) is 53.3. The van der Waals surface area contributed by atoms with Gasteiger partial charge in [-0.1, -0.05) is 251 Å². The number of aliphatic hydroxyl groups is 1. The number of nitrogens with one attached hydrogen (secondary N) is 1. The van der Waals surface area contributed by atoms with Crippen molar-refractivity contribution >= 4 is 13.7 Å². The van der Waals surface area contributed by atoms with E-state index in [4.69, 9.17) is 9.05 Å². The number of phosphoric acid groups is 1. The Morgan fingerprint density at radius 3 is 1.23 bits per heavy atom. The van der Waals surface area contributed by atoms with Gasteiger partial charge in [0.15, 0.2) is 0 Å². The SMILES string of the molecule is CC/C=C\C/C=C\C/C=C\C/C=C\C/C=C\C/C=C\C/C=C\CCCCCCCC(=O)NC(COP(=O)(O)OCC[N+](C)(C)C)C(O)/C=C/CC/C=C/CC/C=C/CCCCCCCCCCCCCCCCCC. The molecule has 0 spiro atoms. The highest BCUT2D eigenvalue weighted by Gasteiger charge is 2.27. The molecule has 0 aliphatic rings. The van der Waals surface area contributed by atoms with Crippen molar-refractivity contribution in [2.45, 2.75) is 251 Å². The van der Waals surface area contributed by atoms with Crippen molar-refractivity contribution in [3.63, 3.8) is 0 Å². The number of hydrogen-bond donors (Lipinski definition) is 3. The van der Waals surface area contributed by atoms with E-state index in [-0.39, 0.29) is 19.1 Å². The molecule has 0 aliphatic heterocycles. The third-order valence-electron chi connectivity index (χ3n) is 12.9. The van der Waals surface area contributed by atoms with E-state index in [2.05, 4.69) is 129 Å². The number of hydrogen-bond acceptors (Lipinski definition) is 5. The summed E-state index contributed by atoms with van der Waals surface area (Å²) in [5.41, 5.74) is 0. The van der Waals surface area contributed by atoms with Gasteiger partial charge in [-0.25, -0.2) is 4.57 Å². The molecule has 0 aromatic rings. The normalized spacial score (nSPS) is 14.7. The van der Waals surface area contributed by atoms with Gasteiger partial charge in [-0.05, 0) is 103 Å². The number of carbonyl (C=O) groups excluding carboxylic acids is 1.